The maximum Gasteiger partial charge on any atom is 0.220 e. The smallest absolute Gasteiger partial charge is 0.220 e. The number of piperidine rings is 1. The van der Waals surface area contributed by atoms with Gasteiger partial charge in [-0.25, -0.2) is 0 Å². The van der Waals surface area contributed by atoms with Gasteiger partial charge in [-0.3, -0.25) is 4.79 Å². The van der Waals surface area contributed by atoms with Crippen molar-refractivity contribution in [1.82, 2.24) is 10.6 Å². The molecule has 140 valence electrons. The van der Waals surface area contributed by atoms with Crippen molar-refractivity contribution in [2.24, 2.45) is 5.92 Å². The summed E-state index contributed by atoms with van der Waals surface area (Å²) in [5.74, 6) is 1.97. The van der Waals surface area contributed by atoms with Crippen LogP contribution < -0.4 is 20.1 Å². The maximum atomic E-state index is 12.3. The Kier molecular flexibility index (Phi) is 7.40. The first kappa shape index (κ1) is 20.3. The Morgan fingerprint density at radius 2 is 1.92 bits per heavy atom. The number of ether oxygens (including phenoxy) is 2. The average molecular weight is 434 g/mol. The van der Waals surface area contributed by atoms with Crippen LogP contribution >= 0.6 is 28.3 Å². The monoisotopic (exact) mass is 432 g/mol. The van der Waals surface area contributed by atoms with Gasteiger partial charge in [-0.05, 0) is 65.2 Å². The Morgan fingerprint density at radius 3 is 2.52 bits per heavy atom. The zero-order valence-electron chi connectivity index (χ0n) is 14.6. The van der Waals surface area contributed by atoms with E-state index in [4.69, 9.17) is 9.47 Å². The standard InChI is InChI=1S/C18H25BrN2O3.ClH/c1-23-16-8-12(7-15(19)18(16)24-2)10-20-17(22)9-11-5-13-3-4-14(6-11)21-13;/h7-8,11,13-14,21H,3-6,9-10H2,1-2H3,(H,20,22);1H. The Hall–Kier alpha value is -0.980. The van der Waals surface area contributed by atoms with E-state index in [0.717, 1.165) is 22.9 Å². The van der Waals surface area contributed by atoms with Gasteiger partial charge in [0.05, 0.1) is 18.7 Å². The van der Waals surface area contributed by atoms with Crippen molar-refractivity contribution in [1.29, 1.82) is 0 Å². The number of nitrogens with one attached hydrogen (secondary N) is 2. The molecule has 1 aromatic carbocycles. The molecule has 25 heavy (non-hydrogen) atoms. The van der Waals surface area contributed by atoms with E-state index < -0.39 is 0 Å². The summed E-state index contributed by atoms with van der Waals surface area (Å²) in [7, 11) is 3.22. The van der Waals surface area contributed by atoms with Crippen LogP contribution in [-0.4, -0.2) is 32.2 Å². The molecule has 1 amide bonds. The summed E-state index contributed by atoms with van der Waals surface area (Å²) in [5, 5.41) is 6.65. The van der Waals surface area contributed by atoms with Gasteiger partial charge in [-0.1, -0.05) is 0 Å². The molecule has 2 fully saturated rings. The van der Waals surface area contributed by atoms with Crippen molar-refractivity contribution in [2.75, 3.05) is 14.2 Å². The molecule has 2 atom stereocenters. The van der Waals surface area contributed by atoms with E-state index in [9.17, 15) is 4.79 Å². The second-order valence-electron chi connectivity index (χ2n) is 6.77. The Morgan fingerprint density at radius 1 is 1.24 bits per heavy atom. The lowest BCUT2D eigenvalue weighted by atomic mass is 9.89. The van der Waals surface area contributed by atoms with Gasteiger partial charge in [0, 0.05) is 25.0 Å². The third-order valence-corrected chi connectivity index (χ3v) is 5.62. The Labute approximate surface area is 163 Å². The topological polar surface area (TPSA) is 59.6 Å². The Bertz CT molecular complexity index is 602. The molecule has 5 nitrogen and oxygen atoms in total. The Balaban J connectivity index is 0.00000225. The molecule has 2 aliphatic rings. The molecular weight excluding hydrogens is 408 g/mol. The minimum Gasteiger partial charge on any atom is -0.493 e. The number of hydrogen-bond acceptors (Lipinski definition) is 4. The van der Waals surface area contributed by atoms with E-state index in [1.54, 1.807) is 14.2 Å². The molecule has 2 aliphatic heterocycles. The number of hydrogen-bond donors (Lipinski definition) is 2. The summed E-state index contributed by atoms with van der Waals surface area (Å²) >= 11 is 3.48. The molecule has 0 aliphatic carbocycles. The summed E-state index contributed by atoms with van der Waals surface area (Å²) in [4.78, 5) is 12.3. The number of rotatable bonds is 6. The number of halogens is 2. The summed E-state index contributed by atoms with van der Waals surface area (Å²) in [6.07, 6.45) is 5.42. The van der Waals surface area contributed by atoms with Crippen LogP contribution in [0.3, 0.4) is 0 Å². The lowest BCUT2D eigenvalue weighted by Gasteiger charge is -2.28. The highest BCUT2D eigenvalue weighted by Gasteiger charge is 2.34. The van der Waals surface area contributed by atoms with Crippen molar-refractivity contribution in [3.05, 3.63) is 22.2 Å². The molecule has 3 rings (SSSR count). The molecule has 7 heteroatoms. The lowest BCUT2D eigenvalue weighted by Crippen LogP contribution is -2.39. The molecule has 0 aromatic heterocycles. The lowest BCUT2D eigenvalue weighted by molar-refractivity contribution is -0.122. The van der Waals surface area contributed by atoms with Gasteiger partial charge in [0.15, 0.2) is 11.5 Å². The number of methoxy groups -OCH3 is 2. The second-order valence-corrected chi connectivity index (χ2v) is 7.62. The van der Waals surface area contributed by atoms with Gasteiger partial charge in [0.25, 0.3) is 0 Å². The van der Waals surface area contributed by atoms with Gasteiger partial charge in [0.1, 0.15) is 0 Å². The first-order valence-electron chi connectivity index (χ1n) is 8.52. The highest BCUT2D eigenvalue weighted by Crippen LogP contribution is 2.36. The van der Waals surface area contributed by atoms with Gasteiger partial charge in [-0.2, -0.15) is 0 Å². The van der Waals surface area contributed by atoms with Gasteiger partial charge >= 0.3 is 0 Å². The average Bonchev–Trinajstić information content (AvgIpc) is 2.91. The minimum atomic E-state index is 0. The van der Waals surface area contributed by atoms with Crippen molar-refractivity contribution >= 4 is 34.2 Å². The highest BCUT2D eigenvalue weighted by atomic mass is 79.9. The molecule has 2 saturated heterocycles. The first-order chi connectivity index (χ1) is 11.6. The normalized spacial score (nSPS) is 24.4. The third-order valence-electron chi connectivity index (χ3n) is 5.03. The number of fused-ring (bicyclic) bond motifs is 2. The molecule has 2 N–H and O–H groups in total. The molecule has 2 heterocycles. The van der Waals surface area contributed by atoms with Gasteiger partial charge in [0.2, 0.25) is 5.91 Å². The SMILES string of the molecule is COc1cc(CNC(=O)CC2CC3CCC(C2)N3)cc(Br)c1OC.Cl. The van der Waals surface area contributed by atoms with E-state index in [2.05, 4.69) is 26.6 Å². The number of benzene rings is 1. The predicted molar refractivity (Wildman–Crippen MR) is 104 cm³/mol. The fourth-order valence-corrected chi connectivity index (χ4v) is 4.60. The van der Waals surface area contributed by atoms with Crippen LogP contribution in [0.4, 0.5) is 0 Å². The first-order valence-corrected chi connectivity index (χ1v) is 9.31. The van der Waals surface area contributed by atoms with Crippen molar-refractivity contribution < 1.29 is 14.3 Å². The van der Waals surface area contributed by atoms with Crippen LogP contribution in [0.1, 0.15) is 37.7 Å². The molecule has 0 spiro atoms. The van der Waals surface area contributed by atoms with Crippen molar-refractivity contribution in [3.8, 4) is 11.5 Å². The van der Waals surface area contributed by atoms with E-state index in [0.29, 0.717) is 42.5 Å². The highest BCUT2D eigenvalue weighted by molar-refractivity contribution is 9.10. The van der Waals surface area contributed by atoms with Crippen LogP contribution in [0.2, 0.25) is 0 Å². The zero-order chi connectivity index (χ0) is 17.1. The fourth-order valence-electron chi connectivity index (χ4n) is 3.95. The summed E-state index contributed by atoms with van der Waals surface area (Å²) in [5.41, 5.74) is 0.984. The zero-order valence-corrected chi connectivity index (χ0v) is 17.0. The molecule has 1 aromatic rings. The van der Waals surface area contributed by atoms with Crippen LogP contribution in [0.25, 0.3) is 0 Å². The van der Waals surface area contributed by atoms with E-state index in [-0.39, 0.29) is 18.3 Å². The summed E-state index contributed by atoms with van der Waals surface area (Å²) < 4.78 is 11.5. The number of amides is 1. The van der Waals surface area contributed by atoms with Crippen LogP contribution in [0, 0.1) is 5.92 Å². The third kappa shape index (κ3) is 5.02. The fraction of sp³-hybridized carbons (Fsp3) is 0.611. The second kappa shape index (κ2) is 9.10. The van der Waals surface area contributed by atoms with Gasteiger partial charge < -0.3 is 20.1 Å². The van der Waals surface area contributed by atoms with E-state index >= 15 is 0 Å². The van der Waals surface area contributed by atoms with E-state index in [1.165, 1.54) is 12.8 Å². The molecule has 0 saturated carbocycles. The van der Waals surface area contributed by atoms with Gasteiger partial charge in [-0.15, -0.1) is 12.4 Å². The number of carbonyl (C=O) groups is 1. The molecule has 2 bridgehead atoms. The number of carbonyl (C=O) groups excluding carboxylic acids is 1. The quantitative estimate of drug-likeness (QED) is 0.722. The minimum absolute atomic E-state index is 0. The largest absolute Gasteiger partial charge is 0.493 e. The van der Waals surface area contributed by atoms with Crippen molar-refractivity contribution in [3.63, 3.8) is 0 Å². The van der Waals surface area contributed by atoms with Crippen LogP contribution in [0.5, 0.6) is 11.5 Å². The molecule has 2 unspecified atom stereocenters. The predicted octanol–water partition coefficient (Wildman–Crippen LogP) is 3.43. The molecular formula is C18H26BrClN2O3. The maximum absolute atomic E-state index is 12.3. The van der Waals surface area contributed by atoms with E-state index in [1.807, 2.05) is 12.1 Å². The van der Waals surface area contributed by atoms with Crippen LogP contribution in [-0.2, 0) is 11.3 Å². The molecule has 0 radical (unpaired) electrons. The summed E-state index contributed by atoms with van der Waals surface area (Å²) in [6.45, 7) is 0.496. The van der Waals surface area contributed by atoms with Crippen molar-refractivity contribution in [2.45, 2.75) is 50.7 Å². The van der Waals surface area contributed by atoms with Crippen LogP contribution in [0.15, 0.2) is 16.6 Å². The summed E-state index contributed by atoms with van der Waals surface area (Å²) in [6, 6.07) is 5.10.